The van der Waals surface area contributed by atoms with Crippen molar-refractivity contribution in [3.8, 4) is 17.2 Å². The lowest BCUT2D eigenvalue weighted by Crippen LogP contribution is -2.38. The van der Waals surface area contributed by atoms with Crippen LogP contribution in [0.2, 0.25) is 0 Å². The lowest BCUT2D eigenvalue weighted by atomic mass is 9.92. The molecule has 1 N–H and O–H groups in total. The molecule has 0 fully saturated rings. The Labute approximate surface area is 245 Å². The molecule has 0 saturated heterocycles. The number of fused-ring (bicyclic) bond motifs is 1. The Morgan fingerprint density at radius 1 is 1.05 bits per heavy atom. The number of aromatic nitrogens is 1. The number of methoxy groups -OCH3 is 1. The van der Waals surface area contributed by atoms with E-state index in [4.69, 9.17) is 13.9 Å². The van der Waals surface area contributed by atoms with E-state index in [2.05, 4.69) is 4.98 Å². The Hall–Kier alpha value is -3.99. The minimum atomic E-state index is -3.61. The SMILES string of the molecule is COC(Cc1ccc(OCCc2nc(-c3ccccc3)oc2C)c2c1CN(S(=O)(=O)Cc1ccccc1)CC2)C(=O)O. The quantitative estimate of drug-likeness (QED) is 0.250. The maximum Gasteiger partial charge on any atom is 0.333 e. The Kier molecular flexibility index (Phi) is 9.06. The van der Waals surface area contributed by atoms with Crippen LogP contribution in [-0.4, -0.2) is 55.1 Å². The topological polar surface area (TPSA) is 119 Å². The molecule has 5 rings (SSSR count). The summed E-state index contributed by atoms with van der Waals surface area (Å²) in [6.45, 7) is 2.66. The number of carboxylic acid groups (broad SMARTS) is 1. The highest BCUT2D eigenvalue weighted by atomic mass is 32.2. The van der Waals surface area contributed by atoms with E-state index >= 15 is 0 Å². The molecule has 2 heterocycles. The minimum absolute atomic E-state index is 0.105. The van der Waals surface area contributed by atoms with Crippen LogP contribution in [0.15, 0.2) is 77.2 Å². The first-order valence-electron chi connectivity index (χ1n) is 13.8. The van der Waals surface area contributed by atoms with Crippen molar-refractivity contribution < 1.29 is 32.2 Å². The largest absolute Gasteiger partial charge is 0.493 e. The van der Waals surface area contributed by atoms with E-state index in [-0.39, 0.29) is 18.7 Å². The number of aryl methyl sites for hydroxylation is 1. The summed E-state index contributed by atoms with van der Waals surface area (Å²) in [6.07, 6.45) is 0.0343. The molecule has 9 nitrogen and oxygen atoms in total. The van der Waals surface area contributed by atoms with Crippen molar-refractivity contribution in [3.05, 3.63) is 107 Å². The average Bonchev–Trinajstić information content (AvgIpc) is 3.37. The molecule has 42 heavy (non-hydrogen) atoms. The van der Waals surface area contributed by atoms with Gasteiger partial charge >= 0.3 is 5.97 Å². The Morgan fingerprint density at radius 3 is 2.45 bits per heavy atom. The van der Waals surface area contributed by atoms with Crippen LogP contribution in [0.5, 0.6) is 5.75 Å². The zero-order valence-electron chi connectivity index (χ0n) is 23.7. The number of hydrogen-bond donors (Lipinski definition) is 1. The van der Waals surface area contributed by atoms with Gasteiger partial charge in [-0.05, 0) is 48.2 Å². The second kappa shape index (κ2) is 12.9. The van der Waals surface area contributed by atoms with Gasteiger partial charge in [0.15, 0.2) is 6.10 Å². The van der Waals surface area contributed by atoms with E-state index in [9.17, 15) is 18.3 Å². The molecule has 10 heteroatoms. The number of nitrogens with zero attached hydrogens (tertiary/aromatic N) is 2. The van der Waals surface area contributed by atoms with Crippen LogP contribution in [0.1, 0.15) is 33.7 Å². The van der Waals surface area contributed by atoms with Gasteiger partial charge in [0.2, 0.25) is 15.9 Å². The van der Waals surface area contributed by atoms with Crippen molar-refractivity contribution in [2.75, 3.05) is 20.3 Å². The summed E-state index contributed by atoms with van der Waals surface area (Å²) < 4.78 is 45.5. The summed E-state index contributed by atoms with van der Waals surface area (Å²) in [6, 6.07) is 22.4. The van der Waals surface area contributed by atoms with Crippen LogP contribution in [0, 0.1) is 6.92 Å². The first-order chi connectivity index (χ1) is 20.2. The number of hydrogen-bond acceptors (Lipinski definition) is 7. The molecule has 0 spiro atoms. The van der Waals surface area contributed by atoms with E-state index in [1.54, 1.807) is 12.1 Å². The van der Waals surface area contributed by atoms with Crippen LogP contribution in [0.25, 0.3) is 11.5 Å². The molecule has 3 aromatic carbocycles. The van der Waals surface area contributed by atoms with Gasteiger partial charge in [-0.25, -0.2) is 18.2 Å². The minimum Gasteiger partial charge on any atom is -0.493 e. The fourth-order valence-electron chi connectivity index (χ4n) is 5.22. The lowest BCUT2D eigenvalue weighted by Gasteiger charge is -2.31. The van der Waals surface area contributed by atoms with Crippen molar-refractivity contribution in [2.45, 2.75) is 44.6 Å². The number of oxazole rings is 1. The van der Waals surface area contributed by atoms with Crippen molar-refractivity contribution in [1.29, 1.82) is 0 Å². The highest BCUT2D eigenvalue weighted by Gasteiger charge is 2.31. The van der Waals surface area contributed by atoms with Crippen molar-refractivity contribution >= 4 is 16.0 Å². The number of sulfonamides is 1. The number of carbonyl (C=O) groups is 1. The maximum atomic E-state index is 13.4. The summed E-state index contributed by atoms with van der Waals surface area (Å²) in [5.41, 5.74) is 4.81. The Bertz CT molecular complexity index is 1640. The molecule has 220 valence electrons. The maximum absolute atomic E-state index is 13.4. The molecule has 1 aliphatic rings. The predicted octanol–water partition coefficient (Wildman–Crippen LogP) is 4.80. The summed E-state index contributed by atoms with van der Waals surface area (Å²) in [5.74, 6) is 0.768. The van der Waals surface area contributed by atoms with Crippen LogP contribution in [-0.2, 0) is 51.1 Å². The van der Waals surface area contributed by atoms with Crippen molar-refractivity contribution in [3.63, 3.8) is 0 Å². The standard InChI is InChI=1S/C32H34N2O7S/c1-22-28(33-31(41-22)24-11-7-4-8-12-24)16-18-40-29-14-13-25(19-30(39-2)32(35)36)27-20-34(17-15-26(27)29)42(37,38)21-23-9-5-3-6-10-23/h3-14,30H,15-21H2,1-2H3,(H,35,36). The van der Waals surface area contributed by atoms with E-state index in [1.807, 2.05) is 67.6 Å². The summed E-state index contributed by atoms with van der Waals surface area (Å²) >= 11 is 0. The summed E-state index contributed by atoms with van der Waals surface area (Å²) in [7, 11) is -2.26. The molecule has 0 amide bonds. The second-order valence-electron chi connectivity index (χ2n) is 10.3. The van der Waals surface area contributed by atoms with Gasteiger partial charge in [-0.2, -0.15) is 4.31 Å². The summed E-state index contributed by atoms with van der Waals surface area (Å²) in [4.78, 5) is 16.4. The van der Waals surface area contributed by atoms with Gasteiger partial charge in [-0.1, -0.05) is 54.6 Å². The molecule has 1 aliphatic heterocycles. The fourth-order valence-corrected chi connectivity index (χ4v) is 6.71. The highest BCUT2D eigenvalue weighted by Crippen LogP contribution is 2.34. The van der Waals surface area contributed by atoms with Crippen LogP contribution in [0.3, 0.4) is 0 Å². The average molecular weight is 591 g/mol. The molecule has 0 aliphatic carbocycles. The van der Waals surface area contributed by atoms with Gasteiger partial charge in [-0.15, -0.1) is 0 Å². The molecule has 0 saturated carbocycles. The molecule has 1 atom stereocenters. The molecular weight excluding hydrogens is 556 g/mol. The second-order valence-corrected chi connectivity index (χ2v) is 12.2. The Morgan fingerprint density at radius 2 is 1.76 bits per heavy atom. The molecule has 0 bridgehead atoms. The third-order valence-electron chi connectivity index (χ3n) is 7.49. The third-order valence-corrected chi connectivity index (χ3v) is 9.29. The first-order valence-corrected chi connectivity index (χ1v) is 15.4. The number of rotatable bonds is 12. The van der Waals surface area contributed by atoms with Gasteiger partial charge in [0, 0.05) is 44.2 Å². The molecular formula is C32H34N2O7S. The molecule has 4 aromatic rings. The van der Waals surface area contributed by atoms with E-state index in [1.165, 1.54) is 11.4 Å². The third kappa shape index (κ3) is 6.73. The van der Waals surface area contributed by atoms with Crippen LogP contribution in [0.4, 0.5) is 0 Å². The number of ether oxygens (including phenoxy) is 2. The number of benzene rings is 3. The van der Waals surface area contributed by atoms with Crippen molar-refractivity contribution in [2.24, 2.45) is 0 Å². The van der Waals surface area contributed by atoms with Gasteiger partial charge < -0.3 is 19.0 Å². The number of carboxylic acids is 1. The Balaban J connectivity index is 1.36. The number of aliphatic carboxylic acids is 1. The highest BCUT2D eigenvalue weighted by molar-refractivity contribution is 7.88. The first kappa shape index (κ1) is 29.5. The van der Waals surface area contributed by atoms with E-state index in [0.29, 0.717) is 43.2 Å². The van der Waals surface area contributed by atoms with Gasteiger partial charge in [-0.3, -0.25) is 0 Å². The molecule has 1 aromatic heterocycles. The van der Waals surface area contributed by atoms with Gasteiger partial charge in [0.1, 0.15) is 11.5 Å². The van der Waals surface area contributed by atoms with E-state index in [0.717, 1.165) is 33.7 Å². The van der Waals surface area contributed by atoms with Crippen LogP contribution >= 0.6 is 0 Å². The van der Waals surface area contributed by atoms with Gasteiger partial charge in [0.05, 0.1) is 18.1 Å². The van der Waals surface area contributed by atoms with Crippen LogP contribution < -0.4 is 4.74 Å². The normalized spacial score (nSPS) is 14.3. The molecule has 0 radical (unpaired) electrons. The van der Waals surface area contributed by atoms with Gasteiger partial charge in [0.25, 0.3) is 0 Å². The zero-order valence-corrected chi connectivity index (χ0v) is 24.5. The van der Waals surface area contributed by atoms with Crippen molar-refractivity contribution in [1.82, 2.24) is 9.29 Å². The molecule has 1 unspecified atom stereocenters. The monoisotopic (exact) mass is 590 g/mol. The summed E-state index contributed by atoms with van der Waals surface area (Å²) in [5, 5.41) is 9.59. The zero-order chi connectivity index (χ0) is 29.7. The lowest BCUT2D eigenvalue weighted by molar-refractivity contribution is -0.148. The van der Waals surface area contributed by atoms with E-state index < -0.39 is 22.1 Å². The smallest absolute Gasteiger partial charge is 0.333 e. The predicted molar refractivity (Wildman–Crippen MR) is 158 cm³/mol. The fraction of sp³-hybridized carbons (Fsp3) is 0.312.